The lowest BCUT2D eigenvalue weighted by atomic mass is 10.0. The average molecular weight is 293 g/mol. The topological polar surface area (TPSA) is 26.0 Å². The van der Waals surface area contributed by atoms with Gasteiger partial charge in [-0.1, -0.05) is 60.3 Å². The maximum absolute atomic E-state index is 6.11. The Labute approximate surface area is 107 Å². The standard InChI is InChI=1S/C12H18BrN.ClH/c1-2-3-4-9-12(14)10-7-5-6-8-11(10)13;/h5-8,12H,2-4,9,14H2,1H3;1H/t12-;/m0./s1. The molecule has 0 saturated heterocycles. The predicted octanol–water partition coefficient (Wildman–Crippen LogP) is 4.45. The molecule has 15 heavy (non-hydrogen) atoms. The Morgan fingerprint density at radius 1 is 1.27 bits per heavy atom. The summed E-state index contributed by atoms with van der Waals surface area (Å²) in [6.07, 6.45) is 4.83. The fourth-order valence-electron chi connectivity index (χ4n) is 1.55. The highest BCUT2D eigenvalue weighted by molar-refractivity contribution is 9.10. The van der Waals surface area contributed by atoms with E-state index in [4.69, 9.17) is 5.73 Å². The Hall–Kier alpha value is -0.0500. The van der Waals surface area contributed by atoms with E-state index in [-0.39, 0.29) is 18.4 Å². The Morgan fingerprint density at radius 2 is 1.93 bits per heavy atom. The second-order valence-electron chi connectivity index (χ2n) is 3.62. The Morgan fingerprint density at radius 3 is 2.53 bits per heavy atom. The molecule has 0 aromatic heterocycles. The van der Waals surface area contributed by atoms with E-state index in [2.05, 4.69) is 35.0 Å². The van der Waals surface area contributed by atoms with Gasteiger partial charge in [-0.05, 0) is 18.1 Å². The highest BCUT2D eigenvalue weighted by Crippen LogP contribution is 2.24. The van der Waals surface area contributed by atoms with Crippen molar-refractivity contribution in [2.45, 2.75) is 38.6 Å². The zero-order chi connectivity index (χ0) is 10.4. The molecule has 2 N–H and O–H groups in total. The third-order valence-electron chi connectivity index (χ3n) is 2.42. The fourth-order valence-corrected chi connectivity index (χ4v) is 2.12. The first-order chi connectivity index (χ1) is 6.75. The second kappa shape index (κ2) is 8.14. The normalized spacial score (nSPS) is 11.9. The highest BCUT2D eigenvalue weighted by Gasteiger charge is 2.07. The molecule has 86 valence electrons. The summed E-state index contributed by atoms with van der Waals surface area (Å²) < 4.78 is 1.13. The Balaban J connectivity index is 0.00000196. The zero-order valence-electron chi connectivity index (χ0n) is 9.08. The van der Waals surface area contributed by atoms with E-state index in [1.165, 1.54) is 24.8 Å². The highest BCUT2D eigenvalue weighted by atomic mass is 79.9. The van der Waals surface area contributed by atoms with Crippen LogP contribution in [0.5, 0.6) is 0 Å². The molecule has 0 aliphatic rings. The fraction of sp³-hybridized carbons (Fsp3) is 0.500. The van der Waals surface area contributed by atoms with E-state index in [1.54, 1.807) is 0 Å². The van der Waals surface area contributed by atoms with Crippen LogP contribution in [0, 0.1) is 0 Å². The summed E-state index contributed by atoms with van der Waals surface area (Å²) in [5.74, 6) is 0. The number of benzene rings is 1. The first kappa shape index (κ1) is 14.9. The lowest BCUT2D eigenvalue weighted by molar-refractivity contribution is 0.580. The van der Waals surface area contributed by atoms with Crippen LogP contribution in [0.4, 0.5) is 0 Å². The van der Waals surface area contributed by atoms with Crippen molar-refractivity contribution in [3.8, 4) is 0 Å². The summed E-state index contributed by atoms with van der Waals surface area (Å²) in [6.45, 7) is 2.21. The summed E-state index contributed by atoms with van der Waals surface area (Å²) >= 11 is 3.53. The number of rotatable bonds is 5. The van der Waals surface area contributed by atoms with Crippen LogP contribution < -0.4 is 5.73 Å². The molecule has 0 fully saturated rings. The third-order valence-corrected chi connectivity index (χ3v) is 3.15. The summed E-state index contributed by atoms with van der Waals surface area (Å²) in [5.41, 5.74) is 7.33. The van der Waals surface area contributed by atoms with E-state index >= 15 is 0 Å². The summed E-state index contributed by atoms with van der Waals surface area (Å²) in [4.78, 5) is 0. The quantitative estimate of drug-likeness (QED) is 0.797. The molecule has 3 heteroatoms. The molecular weight excluding hydrogens is 273 g/mol. The van der Waals surface area contributed by atoms with Crippen molar-refractivity contribution >= 4 is 28.3 Å². The van der Waals surface area contributed by atoms with Crippen molar-refractivity contribution in [2.24, 2.45) is 5.73 Å². The molecule has 1 atom stereocenters. The zero-order valence-corrected chi connectivity index (χ0v) is 11.5. The minimum Gasteiger partial charge on any atom is -0.324 e. The number of nitrogens with two attached hydrogens (primary N) is 1. The smallest absolute Gasteiger partial charge is 0.0306 e. The van der Waals surface area contributed by atoms with Gasteiger partial charge in [-0.2, -0.15) is 0 Å². The van der Waals surface area contributed by atoms with Crippen LogP contribution in [0.1, 0.15) is 44.2 Å². The van der Waals surface area contributed by atoms with E-state index in [9.17, 15) is 0 Å². The molecular formula is C12H19BrClN. The first-order valence-corrected chi connectivity index (χ1v) is 6.05. The van der Waals surface area contributed by atoms with Crippen molar-refractivity contribution in [3.05, 3.63) is 34.3 Å². The maximum Gasteiger partial charge on any atom is 0.0306 e. The van der Waals surface area contributed by atoms with Crippen molar-refractivity contribution in [1.29, 1.82) is 0 Å². The van der Waals surface area contributed by atoms with E-state index in [0.29, 0.717) is 0 Å². The SMILES string of the molecule is CCCCC[C@H](N)c1ccccc1Br.Cl. The Bertz CT molecular complexity index is 278. The van der Waals surface area contributed by atoms with Crippen molar-refractivity contribution in [2.75, 3.05) is 0 Å². The van der Waals surface area contributed by atoms with E-state index < -0.39 is 0 Å². The maximum atomic E-state index is 6.11. The number of halogens is 2. The molecule has 0 bridgehead atoms. The van der Waals surface area contributed by atoms with Gasteiger partial charge in [-0.3, -0.25) is 0 Å². The van der Waals surface area contributed by atoms with Gasteiger partial charge in [-0.15, -0.1) is 12.4 Å². The average Bonchev–Trinajstić information content (AvgIpc) is 2.18. The molecule has 0 spiro atoms. The number of hydrogen-bond acceptors (Lipinski definition) is 1. The molecule has 0 radical (unpaired) electrons. The molecule has 1 aromatic carbocycles. The van der Waals surface area contributed by atoms with Gasteiger partial charge in [0, 0.05) is 10.5 Å². The van der Waals surface area contributed by atoms with Gasteiger partial charge in [0.15, 0.2) is 0 Å². The van der Waals surface area contributed by atoms with Gasteiger partial charge in [-0.25, -0.2) is 0 Å². The van der Waals surface area contributed by atoms with Crippen LogP contribution in [0.3, 0.4) is 0 Å². The van der Waals surface area contributed by atoms with Crippen LogP contribution in [-0.4, -0.2) is 0 Å². The molecule has 0 amide bonds. The second-order valence-corrected chi connectivity index (χ2v) is 4.48. The summed E-state index contributed by atoms with van der Waals surface area (Å²) in [5, 5.41) is 0. The minimum atomic E-state index is 0. The molecule has 0 aliphatic heterocycles. The minimum absolute atomic E-state index is 0. The van der Waals surface area contributed by atoms with Crippen molar-refractivity contribution in [3.63, 3.8) is 0 Å². The molecule has 1 aromatic rings. The van der Waals surface area contributed by atoms with Gasteiger partial charge in [0.2, 0.25) is 0 Å². The van der Waals surface area contributed by atoms with Crippen molar-refractivity contribution in [1.82, 2.24) is 0 Å². The number of unbranched alkanes of at least 4 members (excludes halogenated alkanes) is 2. The molecule has 1 rings (SSSR count). The van der Waals surface area contributed by atoms with Crippen LogP contribution in [0.2, 0.25) is 0 Å². The largest absolute Gasteiger partial charge is 0.324 e. The first-order valence-electron chi connectivity index (χ1n) is 5.25. The molecule has 0 aliphatic carbocycles. The lowest BCUT2D eigenvalue weighted by Crippen LogP contribution is -2.10. The van der Waals surface area contributed by atoms with Gasteiger partial charge in [0.1, 0.15) is 0 Å². The number of hydrogen-bond donors (Lipinski definition) is 1. The summed E-state index contributed by atoms with van der Waals surface area (Å²) in [7, 11) is 0. The van der Waals surface area contributed by atoms with Crippen molar-refractivity contribution < 1.29 is 0 Å². The van der Waals surface area contributed by atoms with Gasteiger partial charge in [0.25, 0.3) is 0 Å². The van der Waals surface area contributed by atoms with Crippen LogP contribution in [0.25, 0.3) is 0 Å². The Kier molecular flexibility index (Phi) is 8.12. The lowest BCUT2D eigenvalue weighted by Gasteiger charge is -2.13. The van der Waals surface area contributed by atoms with E-state index in [0.717, 1.165) is 10.9 Å². The van der Waals surface area contributed by atoms with Crippen LogP contribution in [-0.2, 0) is 0 Å². The van der Waals surface area contributed by atoms with Gasteiger partial charge >= 0.3 is 0 Å². The third kappa shape index (κ3) is 5.01. The summed E-state index contributed by atoms with van der Waals surface area (Å²) in [6, 6.07) is 8.39. The molecule has 0 saturated carbocycles. The van der Waals surface area contributed by atoms with Crippen LogP contribution >= 0.6 is 28.3 Å². The van der Waals surface area contributed by atoms with E-state index in [1.807, 2.05) is 12.1 Å². The molecule has 0 unspecified atom stereocenters. The van der Waals surface area contributed by atoms with Gasteiger partial charge < -0.3 is 5.73 Å². The monoisotopic (exact) mass is 291 g/mol. The van der Waals surface area contributed by atoms with Crippen LogP contribution in [0.15, 0.2) is 28.7 Å². The molecule has 0 heterocycles. The molecule has 1 nitrogen and oxygen atoms in total. The predicted molar refractivity (Wildman–Crippen MR) is 72.5 cm³/mol. The van der Waals surface area contributed by atoms with Gasteiger partial charge in [0.05, 0.1) is 0 Å².